The number of rotatable bonds is 3. The van der Waals surface area contributed by atoms with Gasteiger partial charge >= 0.3 is 5.97 Å². The van der Waals surface area contributed by atoms with Crippen molar-refractivity contribution in [1.29, 1.82) is 0 Å². The highest BCUT2D eigenvalue weighted by Crippen LogP contribution is 2.10. The Kier molecular flexibility index (Phi) is 3.02. The highest BCUT2D eigenvalue weighted by atomic mass is 16.4. The summed E-state index contributed by atoms with van der Waals surface area (Å²) in [4.78, 5) is 21.7. The summed E-state index contributed by atoms with van der Waals surface area (Å²) >= 11 is 0. The molecule has 0 aliphatic rings. The van der Waals surface area contributed by atoms with Crippen molar-refractivity contribution in [2.45, 2.75) is 20.3 Å². The van der Waals surface area contributed by atoms with Crippen molar-refractivity contribution < 1.29 is 14.7 Å². The van der Waals surface area contributed by atoms with E-state index in [1.165, 1.54) is 0 Å². The third-order valence-corrected chi connectivity index (χ3v) is 1.86. The van der Waals surface area contributed by atoms with E-state index < -0.39 is 12.4 Å². The van der Waals surface area contributed by atoms with Crippen molar-refractivity contribution in [1.82, 2.24) is 0 Å². The first kappa shape index (κ1) is 10.4. The Balaban J connectivity index is 2.95. The van der Waals surface area contributed by atoms with Gasteiger partial charge in [-0.15, -0.1) is 0 Å². The summed E-state index contributed by atoms with van der Waals surface area (Å²) < 4.78 is 0. The van der Waals surface area contributed by atoms with E-state index in [-0.39, 0.29) is 5.78 Å². The van der Waals surface area contributed by atoms with Crippen LogP contribution in [0.4, 0.5) is 0 Å². The first-order valence-corrected chi connectivity index (χ1v) is 4.32. The predicted octanol–water partition coefficient (Wildman–Crippen LogP) is 1.96. The quantitative estimate of drug-likeness (QED) is 0.588. The van der Waals surface area contributed by atoms with Crippen LogP contribution in [0.2, 0.25) is 0 Å². The van der Waals surface area contributed by atoms with Gasteiger partial charge in [0.1, 0.15) is 6.42 Å². The number of carbonyl (C=O) groups is 2. The lowest BCUT2D eigenvalue weighted by Gasteiger charge is -2.02. The summed E-state index contributed by atoms with van der Waals surface area (Å²) in [6, 6.07) is 5.36. The van der Waals surface area contributed by atoms with Crippen molar-refractivity contribution in [3.8, 4) is 0 Å². The normalized spacial score (nSPS) is 9.86. The van der Waals surface area contributed by atoms with Crippen LogP contribution in [0.5, 0.6) is 0 Å². The highest BCUT2D eigenvalue weighted by Gasteiger charge is 2.10. The summed E-state index contributed by atoms with van der Waals surface area (Å²) in [6.07, 6.45) is -0.442. The van der Waals surface area contributed by atoms with Gasteiger partial charge in [0.2, 0.25) is 0 Å². The number of aryl methyl sites for hydroxylation is 2. The zero-order valence-corrected chi connectivity index (χ0v) is 8.20. The summed E-state index contributed by atoms with van der Waals surface area (Å²) in [7, 11) is 0. The van der Waals surface area contributed by atoms with E-state index in [2.05, 4.69) is 0 Å². The van der Waals surface area contributed by atoms with Gasteiger partial charge in [-0.1, -0.05) is 17.2 Å². The molecule has 0 heterocycles. The highest BCUT2D eigenvalue weighted by molar-refractivity contribution is 6.05. The zero-order valence-electron chi connectivity index (χ0n) is 8.20. The average molecular weight is 192 g/mol. The smallest absolute Gasteiger partial charge is 0.311 e. The minimum atomic E-state index is -1.09. The van der Waals surface area contributed by atoms with Crippen LogP contribution >= 0.6 is 0 Å². The first-order chi connectivity index (χ1) is 6.49. The van der Waals surface area contributed by atoms with Crippen molar-refractivity contribution in [3.63, 3.8) is 0 Å². The van der Waals surface area contributed by atoms with E-state index >= 15 is 0 Å². The van der Waals surface area contributed by atoms with Gasteiger partial charge in [-0.05, 0) is 26.0 Å². The molecule has 0 radical (unpaired) electrons. The Bertz CT molecular complexity index is 360. The second-order valence-corrected chi connectivity index (χ2v) is 3.37. The number of aliphatic carboxylic acids is 1. The summed E-state index contributed by atoms with van der Waals surface area (Å²) in [5.41, 5.74) is 2.42. The number of hydrogen-bond acceptors (Lipinski definition) is 2. The van der Waals surface area contributed by atoms with Gasteiger partial charge in [0.05, 0.1) is 0 Å². The molecule has 1 N–H and O–H groups in total. The Hall–Kier alpha value is -1.64. The number of benzene rings is 1. The number of carbonyl (C=O) groups excluding carboxylic acids is 1. The number of carboxylic acids is 1. The average Bonchev–Trinajstić information content (AvgIpc) is 2.00. The maximum absolute atomic E-state index is 11.4. The second kappa shape index (κ2) is 4.05. The molecular weight excluding hydrogens is 180 g/mol. The zero-order chi connectivity index (χ0) is 10.7. The minimum absolute atomic E-state index is 0.343. The second-order valence-electron chi connectivity index (χ2n) is 3.37. The van der Waals surface area contributed by atoms with Gasteiger partial charge in [-0.25, -0.2) is 0 Å². The fraction of sp³-hybridized carbons (Fsp3) is 0.273. The molecule has 74 valence electrons. The largest absolute Gasteiger partial charge is 0.481 e. The fourth-order valence-corrected chi connectivity index (χ4v) is 1.38. The van der Waals surface area contributed by atoms with Crippen LogP contribution in [-0.2, 0) is 4.79 Å². The van der Waals surface area contributed by atoms with Crippen LogP contribution in [0.3, 0.4) is 0 Å². The summed E-state index contributed by atoms with van der Waals surface area (Å²) in [5.74, 6) is -1.43. The first-order valence-electron chi connectivity index (χ1n) is 4.32. The molecule has 0 aliphatic carbocycles. The van der Waals surface area contributed by atoms with Crippen LogP contribution in [-0.4, -0.2) is 16.9 Å². The van der Waals surface area contributed by atoms with Gasteiger partial charge < -0.3 is 5.11 Å². The standard InChI is InChI=1S/C11H12O3/c1-7-3-8(2)5-9(4-7)10(12)6-11(13)14/h3-5H,6H2,1-2H3,(H,13,14). The molecular formula is C11H12O3. The van der Waals surface area contributed by atoms with Crippen molar-refractivity contribution in [2.24, 2.45) is 0 Å². The van der Waals surface area contributed by atoms with Gasteiger partial charge in [0, 0.05) is 5.56 Å². The molecule has 0 aliphatic heterocycles. The van der Waals surface area contributed by atoms with E-state index in [9.17, 15) is 9.59 Å². The van der Waals surface area contributed by atoms with Crippen molar-refractivity contribution >= 4 is 11.8 Å². The number of ketones is 1. The molecule has 0 atom stereocenters. The minimum Gasteiger partial charge on any atom is -0.481 e. The molecule has 1 rings (SSSR count). The Morgan fingerprint density at radius 3 is 2.07 bits per heavy atom. The van der Waals surface area contributed by atoms with Gasteiger partial charge in [0.15, 0.2) is 5.78 Å². The van der Waals surface area contributed by atoms with Crippen LogP contribution < -0.4 is 0 Å². The SMILES string of the molecule is Cc1cc(C)cc(C(=O)CC(=O)O)c1. The van der Waals surface area contributed by atoms with Crippen LogP contribution in [0.15, 0.2) is 18.2 Å². The maximum Gasteiger partial charge on any atom is 0.311 e. The molecule has 0 fully saturated rings. The molecule has 3 heteroatoms. The third-order valence-electron chi connectivity index (χ3n) is 1.86. The molecule has 0 amide bonds. The number of Topliss-reactive ketones (excluding diaryl/α,β-unsaturated/α-hetero) is 1. The lowest BCUT2D eigenvalue weighted by molar-refractivity contribution is -0.135. The van der Waals surface area contributed by atoms with E-state index in [1.54, 1.807) is 12.1 Å². The third kappa shape index (κ3) is 2.69. The Morgan fingerprint density at radius 2 is 1.64 bits per heavy atom. The monoisotopic (exact) mass is 192 g/mol. The van der Waals surface area contributed by atoms with Gasteiger partial charge in [-0.2, -0.15) is 0 Å². The molecule has 14 heavy (non-hydrogen) atoms. The lowest BCUT2D eigenvalue weighted by Crippen LogP contribution is -2.07. The Morgan fingerprint density at radius 1 is 1.14 bits per heavy atom. The summed E-state index contributed by atoms with van der Waals surface area (Å²) in [6.45, 7) is 3.76. The van der Waals surface area contributed by atoms with E-state index in [0.717, 1.165) is 11.1 Å². The van der Waals surface area contributed by atoms with E-state index in [1.807, 2.05) is 19.9 Å². The molecule has 0 aromatic heterocycles. The van der Waals surface area contributed by atoms with Crippen LogP contribution in [0, 0.1) is 13.8 Å². The van der Waals surface area contributed by atoms with Gasteiger partial charge in [0.25, 0.3) is 0 Å². The van der Waals surface area contributed by atoms with Crippen LogP contribution in [0.25, 0.3) is 0 Å². The fourth-order valence-electron chi connectivity index (χ4n) is 1.38. The molecule has 0 unspecified atom stereocenters. The molecule has 0 spiro atoms. The van der Waals surface area contributed by atoms with Crippen molar-refractivity contribution in [2.75, 3.05) is 0 Å². The molecule has 1 aromatic rings. The molecule has 0 bridgehead atoms. The number of hydrogen-bond donors (Lipinski definition) is 1. The molecule has 0 saturated heterocycles. The molecule has 3 nitrogen and oxygen atoms in total. The van der Waals surface area contributed by atoms with E-state index in [0.29, 0.717) is 5.56 Å². The molecule has 0 saturated carbocycles. The Labute approximate surface area is 82.4 Å². The predicted molar refractivity (Wildman–Crippen MR) is 52.5 cm³/mol. The van der Waals surface area contributed by atoms with Gasteiger partial charge in [-0.3, -0.25) is 9.59 Å². The number of carboxylic acid groups (broad SMARTS) is 1. The maximum atomic E-state index is 11.4. The van der Waals surface area contributed by atoms with E-state index in [4.69, 9.17) is 5.11 Å². The van der Waals surface area contributed by atoms with Crippen molar-refractivity contribution in [3.05, 3.63) is 34.9 Å². The molecule has 1 aromatic carbocycles. The lowest BCUT2D eigenvalue weighted by atomic mass is 10.0. The van der Waals surface area contributed by atoms with Crippen LogP contribution in [0.1, 0.15) is 27.9 Å². The topological polar surface area (TPSA) is 54.4 Å². The summed E-state index contributed by atoms with van der Waals surface area (Å²) in [5, 5.41) is 8.46.